The first-order valence-corrected chi connectivity index (χ1v) is 10.7. The van der Waals surface area contributed by atoms with Crippen LogP contribution in [0, 0.1) is 0 Å². The molecule has 0 bridgehead atoms. The second-order valence-electron chi connectivity index (χ2n) is 7.04. The molecule has 0 radical (unpaired) electrons. The van der Waals surface area contributed by atoms with Crippen molar-refractivity contribution in [3.8, 4) is 0 Å². The molecule has 3 aromatic rings. The molecule has 2 heterocycles. The summed E-state index contributed by atoms with van der Waals surface area (Å²) in [5.74, 6) is -0.760. The topological polar surface area (TPSA) is 59.5 Å². The first-order chi connectivity index (χ1) is 14.6. The third kappa shape index (κ3) is 4.39. The summed E-state index contributed by atoms with van der Waals surface area (Å²) >= 11 is 1.39. The van der Waals surface area contributed by atoms with E-state index in [2.05, 4.69) is 4.98 Å². The number of ether oxygens (including phenoxy) is 1. The van der Waals surface area contributed by atoms with E-state index >= 15 is 0 Å². The van der Waals surface area contributed by atoms with Crippen LogP contribution in [0.4, 0.5) is 5.69 Å². The van der Waals surface area contributed by atoms with Crippen LogP contribution in [0.3, 0.4) is 0 Å². The van der Waals surface area contributed by atoms with Gasteiger partial charge in [-0.1, -0.05) is 48.2 Å². The van der Waals surface area contributed by atoms with Gasteiger partial charge in [-0.2, -0.15) is 0 Å². The van der Waals surface area contributed by atoms with Crippen LogP contribution in [-0.4, -0.2) is 29.5 Å². The fourth-order valence-electron chi connectivity index (χ4n) is 3.48. The summed E-state index contributed by atoms with van der Waals surface area (Å²) in [6, 6.07) is 20.9. The monoisotopic (exact) mass is 418 g/mol. The minimum atomic E-state index is -0.890. The van der Waals surface area contributed by atoms with Crippen molar-refractivity contribution in [3.63, 3.8) is 0 Å². The summed E-state index contributed by atoms with van der Waals surface area (Å²) < 4.78 is 5.56. The molecule has 30 heavy (non-hydrogen) atoms. The number of carbonyl (C=O) groups excluding carboxylic acids is 2. The number of anilines is 1. The van der Waals surface area contributed by atoms with E-state index in [0.29, 0.717) is 17.1 Å². The van der Waals surface area contributed by atoms with Gasteiger partial charge in [0.25, 0.3) is 5.91 Å². The van der Waals surface area contributed by atoms with Crippen molar-refractivity contribution in [2.45, 2.75) is 35.8 Å². The van der Waals surface area contributed by atoms with Crippen LogP contribution in [0.1, 0.15) is 29.3 Å². The van der Waals surface area contributed by atoms with Crippen LogP contribution in [0.2, 0.25) is 0 Å². The molecular formula is C24H22N2O3S. The van der Waals surface area contributed by atoms with Gasteiger partial charge in [-0.25, -0.2) is 9.78 Å². The zero-order valence-electron chi connectivity index (χ0n) is 16.7. The standard InChI is InChI=1S/C24H22N2O3S/c1-17(23(27)26-16-8-10-18-9-5-6-14-21(18)26)29-24(28)20-13-7-15-25-22(20)30-19-11-3-2-4-12-19/h2-7,9,11-15,17H,8,10,16H2,1H3. The maximum Gasteiger partial charge on any atom is 0.341 e. The highest BCUT2D eigenvalue weighted by atomic mass is 32.2. The third-order valence-corrected chi connectivity index (χ3v) is 5.98. The highest BCUT2D eigenvalue weighted by Crippen LogP contribution is 2.30. The molecule has 1 atom stereocenters. The Labute approximate surface area is 180 Å². The van der Waals surface area contributed by atoms with E-state index in [4.69, 9.17) is 4.74 Å². The lowest BCUT2D eigenvalue weighted by Crippen LogP contribution is -2.42. The molecule has 0 N–H and O–H groups in total. The Kier molecular flexibility index (Phi) is 6.14. The second kappa shape index (κ2) is 9.13. The van der Waals surface area contributed by atoms with Gasteiger partial charge in [0.15, 0.2) is 6.10 Å². The van der Waals surface area contributed by atoms with Gasteiger partial charge >= 0.3 is 5.97 Å². The number of esters is 1. The number of aryl methyl sites for hydroxylation is 1. The average Bonchev–Trinajstić information content (AvgIpc) is 2.79. The maximum absolute atomic E-state index is 13.0. The van der Waals surface area contributed by atoms with Gasteiger partial charge in [0.2, 0.25) is 0 Å². The zero-order valence-corrected chi connectivity index (χ0v) is 17.5. The molecule has 1 aliphatic rings. The maximum atomic E-state index is 13.0. The number of nitrogens with zero attached hydrogens (tertiary/aromatic N) is 2. The number of carbonyl (C=O) groups is 2. The number of pyridine rings is 1. The van der Waals surface area contributed by atoms with E-state index in [9.17, 15) is 9.59 Å². The van der Waals surface area contributed by atoms with Crippen LogP contribution in [-0.2, 0) is 16.0 Å². The number of rotatable bonds is 5. The van der Waals surface area contributed by atoms with Crippen molar-refractivity contribution in [3.05, 3.63) is 84.1 Å². The van der Waals surface area contributed by atoms with Crippen molar-refractivity contribution >= 4 is 29.3 Å². The lowest BCUT2D eigenvalue weighted by Gasteiger charge is -2.31. The molecule has 4 rings (SSSR count). The predicted molar refractivity (Wildman–Crippen MR) is 117 cm³/mol. The number of amides is 1. The van der Waals surface area contributed by atoms with Crippen molar-refractivity contribution in [1.82, 2.24) is 4.98 Å². The van der Waals surface area contributed by atoms with E-state index in [-0.39, 0.29) is 5.91 Å². The summed E-state index contributed by atoms with van der Waals surface area (Å²) in [5, 5.41) is 0.552. The number of fused-ring (bicyclic) bond motifs is 1. The molecule has 2 aromatic carbocycles. The molecule has 1 aromatic heterocycles. The smallest absolute Gasteiger partial charge is 0.341 e. The molecule has 1 aliphatic heterocycles. The molecule has 0 fully saturated rings. The van der Waals surface area contributed by atoms with E-state index in [1.807, 2.05) is 54.6 Å². The fourth-order valence-corrected chi connectivity index (χ4v) is 4.38. The second-order valence-corrected chi connectivity index (χ2v) is 8.10. The van der Waals surface area contributed by atoms with Crippen molar-refractivity contribution in [2.24, 2.45) is 0 Å². The Morgan fingerprint density at radius 2 is 1.80 bits per heavy atom. The van der Waals surface area contributed by atoms with Crippen molar-refractivity contribution in [2.75, 3.05) is 11.4 Å². The van der Waals surface area contributed by atoms with Crippen LogP contribution in [0.25, 0.3) is 0 Å². The molecule has 152 valence electrons. The van der Waals surface area contributed by atoms with E-state index in [1.54, 1.807) is 30.2 Å². The summed E-state index contributed by atoms with van der Waals surface area (Å²) in [5.41, 5.74) is 2.40. The number of aromatic nitrogens is 1. The zero-order chi connectivity index (χ0) is 20.9. The Hall–Kier alpha value is -3.12. The summed E-state index contributed by atoms with van der Waals surface area (Å²) in [6.45, 7) is 2.25. The van der Waals surface area contributed by atoms with Gasteiger partial charge in [0.05, 0.1) is 5.56 Å². The van der Waals surface area contributed by atoms with Gasteiger partial charge in [-0.05, 0) is 55.7 Å². The molecule has 0 saturated carbocycles. The number of para-hydroxylation sites is 1. The van der Waals surface area contributed by atoms with Gasteiger partial charge in [0.1, 0.15) is 5.03 Å². The molecule has 0 aliphatic carbocycles. The van der Waals surface area contributed by atoms with Crippen LogP contribution >= 0.6 is 11.8 Å². The summed E-state index contributed by atoms with van der Waals surface area (Å²) in [7, 11) is 0. The first kappa shape index (κ1) is 20.2. The summed E-state index contributed by atoms with van der Waals surface area (Å²) in [4.78, 5) is 32.9. The molecule has 5 nitrogen and oxygen atoms in total. The normalized spacial score (nSPS) is 14.0. The Bertz CT molecular complexity index is 1060. The fraction of sp³-hybridized carbons (Fsp3) is 0.208. The number of benzene rings is 2. The van der Waals surface area contributed by atoms with E-state index in [0.717, 1.165) is 29.0 Å². The highest BCUT2D eigenvalue weighted by molar-refractivity contribution is 7.99. The number of hydrogen-bond donors (Lipinski definition) is 0. The van der Waals surface area contributed by atoms with Gasteiger partial charge in [-0.3, -0.25) is 4.79 Å². The Morgan fingerprint density at radius 1 is 1.03 bits per heavy atom. The van der Waals surface area contributed by atoms with E-state index < -0.39 is 12.1 Å². The van der Waals surface area contributed by atoms with Crippen molar-refractivity contribution < 1.29 is 14.3 Å². The Morgan fingerprint density at radius 3 is 2.63 bits per heavy atom. The number of hydrogen-bond acceptors (Lipinski definition) is 5. The average molecular weight is 419 g/mol. The van der Waals surface area contributed by atoms with Crippen LogP contribution in [0.5, 0.6) is 0 Å². The van der Waals surface area contributed by atoms with Gasteiger partial charge < -0.3 is 9.64 Å². The SMILES string of the molecule is CC(OC(=O)c1cccnc1Sc1ccccc1)C(=O)N1CCCc2ccccc21. The third-order valence-electron chi connectivity index (χ3n) is 4.96. The molecule has 1 unspecified atom stereocenters. The van der Waals surface area contributed by atoms with Gasteiger partial charge in [-0.15, -0.1) is 0 Å². The first-order valence-electron chi connectivity index (χ1n) is 9.91. The molecular weight excluding hydrogens is 396 g/mol. The van der Waals surface area contributed by atoms with E-state index in [1.165, 1.54) is 11.8 Å². The molecule has 1 amide bonds. The quantitative estimate of drug-likeness (QED) is 0.559. The minimum Gasteiger partial charge on any atom is -0.449 e. The molecule has 0 spiro atoms. The highest BCUT2D eigenvalue weighted by Gasteiger charge is 2.29. The van der Waals surface area contributed by atoms with Gasteiger partial charge in [0, 0.05) is 23.3 Å². The van der Waals surface area contributed by atoms with Crippen molar-refractivity contribution in [1.29, 1.82) is 0 Å². The lowest BCUT2D eigenvalue weighted by molar-refractivity contribution is -0.126. The van der Waals surface area contributed by atoms with Crippen LogP contribution in [0.15, 0.2) is 82.8 Å². The predicted octanol–water partition coefficient (Wildman–Crippen LogP) is 4.76. The molecule has 0 saturated heterocycles. The lowest BCUT2D eigenvalue weighted by atomic mass is 10.0. The summed E-state index contributed by atoms with van der Waals surface area (Å²) in [6.07, 6.45) is 2.59. The van der Waals surface area contributed by atoms with Crippen LogP contribution < -0.4 is 4.90 Å². The molecule has 6 heteroatoms. The Balaban J connectivity index is 1.49. The minimum absolute atomic E-state index is 0.211. The largest absolute Gasteiger partial charge is 0.449 e.